The van der Waals surface area contributed by atoms with Crippen LogP contribution in [0.4, 0.5) is 0 Å². The van der Waals surface area contributed by atoms with Gasteiger partial charge in [0, 0.05) is 6.42 Å². The van der Waals surface area contributed by atoms with Gasteiger partial charge < -0.3 is 14.2 Å². The van der Waals surface area contributed by atoms with Crippen molar-refractivity contribution in [2.45, 2.75) is 19.8 Å². The largest absolute Gasteiger partial charge is 0.497 e. The van der Waals surface area contributed by atoms with Crippen molar-refractivity contribution in [2.24, 2.45) is 0 Å². The molecule has 0 heterocycles. The van der Waals surface area contributed by atoms with Crippen molar-refractivity contribution in [2.75, 3.05) is 13.7 Å². The van der Waals surface area contributed by atoms with Gasteiger partial charge in [0.15, 0.2) is 0 Å². The summed E-state index contributed by atoms with van der Waals surface area (Å²) in [5, 5.41) is 0. The zero-order chi connectivity index (χ0) is 16.7. The Labute approximate surface area is 144 Å². The molecule has 0 atom stereocenters. The normalized spacial score (nSPS) is 10.2. The van der Waals surface area contributed by atoms with Crippen LogP contribution < -0.4 is 14.2 Å². The van der Waals surface area contributed by atoms with Crippen LogP contribution in [0.25, 0.3) is 0 Å². The lowest BCUT2D eigenvalue weighted by Crippen LogP contribution is -2.10. The van der Waals surface area contributed by atoms with Crippen LogP contribution >= 0.6 is 15.9 Å². The molecule has 4 nitrogen and oxygen atoms in total. The lowest BCUT2D eigenvalue weighted by Gasteiger charge is -2.08. The van der Waals surface area contributed by atoms with Gasteiger partial charge in [-0.15, -0.1) is 0 Å². The molecule has 0 radical (unpaired) electrons. The lowest BCUT2D eigenvalue weighted by atomic mass is 10.2. The standard InChI is InChI=1S/C18H19BrO4/c1-13-5-10-17(16(19)12-13)23-18(20)4-3-11-22-15-8-6-14(21-2)7-9-15/h5-10,12H,3-4,11H2,1-2H3. The molecule has 0 aliphatic rings. The third-order valence-corrected chi connectivity index (χ3v) is 3.78. The molecular formula is C18H19BrO4. The highest BCUT2D eigenvalue weighted by Gasteiger charge is 2.08. The van der Waals surface area contributed by atoms with Gasteiger partial charge in [-0.2, -0.15) is 0 Å². The molecule has 23 heavy (non-hydrogen) atoms. The Hall–Kier alpha value is -2.01. The maximum Gasteiger partial charge on any atom is 0.311 e. The van der Waals surface area contributed by atoms with E-state index in [0.29, 0.717) is 25.2 Å². The van der Waals surface area contributed by atoms with E-state index in [-0.39, 0.29) is 5.97 Å². The zero-order valence-electron chi connectivity index (χ0n) is 13.2. The topological polar surface area (TPSA) is 44.8 Å². The third kappa shape index (κ3) is 5.60. The fourth-order valence-electron chi connectivity index (χ4n) is 1.94. The summed E-state index contributed by atoms with van der Waals surface area (Å²) in [5.41, 5.74) is 1.10. The van der Waals surface area contributed by atoms with E-state index in [4.69, 9.17) is 14.2 Å². The second-order valence-corrected chi connectivity index (χ2v) is 5.89. The fourth-order valence-corrected chi connectivity index (χ4v) is 2.51. The molecule has 0 spiro atoms. The van der Waals surface area contributed by atoms with Crippen LogP contribution in [0.1, 0.15) is 18.4 Å². The van der Waals surface area contributed by atoms with Gasteiger partial charge in [-0.25, -0.2) is 0 Å². The van der Waals surface area contributed by atoms with E-state index >= 15 is 0 Å². The minimum atomic E-state index is -0.270. The summed E-state index contributed by atoms with van der Waals surface area (Å²) in [6, 6.07) is 12.9. The number of esters is 1. The van der Waals surface area contributed by atoms with Crippen LogP contribution in [0.2, 0.25) is 0 Å². The first-order chi connectivity index (χ1) is 11.1. The van der Waals surface area contributed by atoms with E-state index in [9.17, 15) is 4.79 Å². The van der Waals surface area contributed by atoms with Crippen molar-refractivity contribution in [1.82, 2.24) is 0 Å². The Morgan fingerprint density at radius 1 is 1.09 bits per heavy atom. The quantitative estimate of drug-likeness (QED) is 0.403. The first-order valence-corrected chi connectivity index (χ1v) is 8.11. The number of carbonyl (C=O) groups excluding carboxylic acids is 1. The highest BCUT2D eigenvalue weighted by Crippen LogP contribution is 2.26. The maximum absolute atomic E-state index is 11.8. The Morgan fingerprint density at radius 3 is 2.43 bits per heavy atom. The second-order valence-electron chi connectivity index (χ2n) is 5.04. The molecule has 0 aliphatic heterocycles. The number of hydrogen-bond acceptors (Lipinski definition) is 4. The molecule has 0 saturated heterocycles. The number of halogens is 1. The second kappa shape index (κ2) is 8.58. The van der Waals surface area contributed by atoms with Crippen molar-refractivity contribution in [1.29, 1.82) is 0 Å². The molecule has 2 rings (SSSR count). The van der Waals surface area contributed by atoms with Crippen molar-refractivity contribution in [3.8, 4) is 17.2 Å². The van der Waals surface area contributed by atoms with E-state index in [0.717, 1.165) is 21.5 Å². The monoisotopic (exact) mass is 378 g/mol. The van der Waals surface area contributed by atoms with Gasteiger partial charge in [0.05, 0.1) is 18.2 Å². The Balaban J connectivity index is 1.72. The van der Waals surface area contributed by atoms with Gasteiger partial charge in [-0.1, -0.05) is 6.07 Å². The first kappa shape index (κ1) is 17.3. The average molecular weight is 379 g/mol. The smallest absolute Gasteiger partial charge is 0.311 e. The van der Waals surface area contributed by atoms with E-state index in [2.05, 4.69) is 15.9 Å². The van der Waals surface area contributed by atoms with Gasteiger partial charge in [0.2, 0.25) is 0 Å². The molecule has 5 heteroatoms. The molecular weight excluding hydrogens is 360 g/mol. The van der Waals surface area contributed by atoms with E-state index in [1.165, 1.54) is 0 Å². The summed E-state index contributed by atoms with van der Waals surface area (Å²) >= 11 is 3.39. The van der Waals surface area contributed by atoms with E-state index in [1.54, 1.807) is 13.2 Å². The molecule has 0 fully saturated rings. The number of ether oxygens (including phenoxy) is 3. The highest BCUT2D eigenvalue weighted by atomic mass is 79.9. The number of carbonyl (C=O) groups is 1. The summed E-state index contributed by atoms with van der Waals surface area (Å²) in [5.74, 6) is 1.80. The van der Waals surface area contributed by atoms with Gasteiger partial charge in [-0.3, -0.25) is 4.79 Å². The number of hydrogen-bond donors (Lipinski definition) is 0. The summed E-state index contributed by atoms with van der Waals surface area (Å²) in [6.07, 6.45) is 0.894. The Morgan fingerprint density at radius 2 is 1.78 bits per heavy atom. The van der Waals surface area contributed by atoms with E-state index < -0.39 is 0 Å². The maximum atomic E-state index is 11.8. The predicted molar refractivity (Wildman–Crippen MR) is 92.2 cm³/mol. The van der Waals surface area contributed by atoms with Crippen molar-refractivity contribution in [3.05, 3.63) is 52.5 Å². The van der Waals surface area contributed by atoms with Crippen LogP contribution in [0.5, 0.6) is 17.2 Å². The van der Waals surface area contributed by atoms with Gasteiger partial charge >= 0.3 is 5.97 Å². The molecule has 122 valence electrons. The fraction of sp³-hybridized carbons (Fsp3) is 0.278. The summed E-state index contributed by atoms with van der Waals surface area (Å²) in [7, 11) is 1.62. The number of benzene rings is 2. The molecule has 0 N–H and O–H groups in total. The number of rotatable bonds is 7. The number of methoxy groups -OCH3 is 1. The zero-order valence-corrected chi connectivity index (χ0v) is 14.8. The predicted octanol–water partition coefficient (Wildman–Crippen LogP) is 4.53. The Kier molecular flexibility index (Phi) is 6.47. The Bertz CT molecular complexity index is 653. The van der Waals surface area contributed by atoms with Crippen molar-refractivity contribution < 1.29 is 19.0 Å². The van der Waals surface area contributed by atoms with Gasteiger partial charge in [0.25, 0.3) is 0 Å². The van der Waals surface area contributed by atoms with Crippen LogP contribution in [-0.2, 0) is 4.79 Å². The molecule has 0 bridgehead atoms. The van der Waals surface area contributed by atoms with Gasteiger partial charge in [-0.05, 0) is 71.2 Å². The molecule has 2 aromatic carbocycles. The lowest BCUT2D eigenvalue weighted by molar-refractivity contribution is -0.134. The third-order valence-electron chi connectivity index (χ3n) is 3.16. The van der Waals surface area contributed by atoms with Crippen LogP contribution in [0, 0.1) is 6.92 Å². The summed E-state index contributed by atoms with van der Waals surface area (Å²) in [6.45, 7) is 2.43. The molecule has 2 aromatic rings. The summed E-state index contributed by atoms with van der Waals surface area (Å²) < 4.78 is 16.8. The average Bonchev–Trinajstić information content (AvgIpc) is 2.55. The van der Waals surface area contributed by atoms with Crippen molar-refractivity contribution in [3.63, 3.8) is 0 Å². The number of aryl methyl sites for hydroxylation is 1. The van der Waals surface area contributed by atoms with Crippen LogP contribution in [0.3, 0.4) is 0 Å². The van der Waals surface area contributed by atoms with Crippen LogP contribution in [0.15, 0.2) is 46.9 Å². The minimum Gasteiger partial charge on any atom is -0.497 e. The summed E-state index contributed by atoms with van der Waals surface area (Å²) in [4.78, 5) is 11.8. The van der Waals surface area contributed by atoms with Gasteiger partial charge in [0.1, 0.15) is 17.2 Å². The molecule has 0 aromatic heterocycles. The highest BCUT2D eigenvalue weighted by molar-refractivity contribution is 9.10. The molecule has 0 amide bonds. The molecule has 0 saturated carbocycles. The minimum absolute atomic E-state index is 0.270. The van der Waals surface area contributed by atoms with E-state index in [1.807, 2.05) is 43.3 Å². The SMILES string of the molecule is COc1ccc(OCCCC(=O)Oc2ccc(C)cc2Br)cc1. The molecule has 0 aliphatic carbocycles. The van der Waals surface area contributed by atoms with Crippen LogP contribution in [-0.4, -0.2) is 19.7 Å². The molecule has 0 unspecified atom stereocenters. The first-order valence-electron chi connectivity index (χ1n) is 7.32. The van der Waals surface area contributed by atoms with Crippen molar-refractivity contribution >= 4 is 21.9 Å².